The van der Waals surface area contributed by atoms with Crippen molar-refractivity contribution in [3.8, 4) is 11.4 Å². The van der Waals surface area contributed by atoms with Crippen molar-refractivity contribution in [2.45, 2.75) is 24.9 Å². The normalized spacial score (nSPS) is 16.6. The number of rotatable bonds is 2. The maximum atomic E-state index is 10.5. The number of pyridine rings is 1. The first-order valence-corrected chi connectivity index (χ1v) is 8.72. The fourth-order valence-corrected chi connectivity index (χ4v) is 4.26. The Balaban J connectivity index is 1.60. The summed E-state index contributed by atoms with van der Waals surface area (Å²) in [4.78, 5) is 15.4. The lowest BCUT2D eigenvalue weighted by molar-refractivity contribution is -0.0353. The van der Waals surface area contributed by atoms with E-state index in [1.54, 1.807) is 22.2 Å². The number of aliphatic hydroxyl groups is 1. The van der Waals surface area contributed by atoms with Crippen molar-refractivity contribution in [3.05, 3.63) is 35.6 Å². The Morgan fingerprint density at radius 1 is 1.17 bits per heavy atom. The summed E-state index contributed by atoms with van der Waals surface area (Å²) in [6, 6.07) is 4.02. The largest absolute Gasteiger partial charge is 0.384 e. The summed E-state index contributed by atoms with van der Waals surface area (Å²) in [6.07, 6.45) is 8.26. The fraction of sp³-hybridized carbons (Fsp3) is 0.294. The maximum absolute atomic E-state index is 10.5. The molecule has 7 heteroatoms. The van der Waals surface area contributed by atoms with E-state index in [2.05, 4.69) is 20.1 Å². The van der Waals surface area contributed by atoms with Crippen molar-refractivity contribution in [2.75, 3.05) is 0 Å². The molecule has 0 unspecified atom stereocenters. The molecule has 4 heterocycles. The minimum absolute atomic E-state index is 0.648. The lowest BCUT2D eigenvalue weighted by Gasteiger charge is -2.35. The third kappa shape index (κ3) is 2.05. The highest BCUT2D eigenvalue weighted by Gasteiger charge is 2.37. The van der Waals surface area contributed by atoms with Crippen molar-refractivity contribution in [3.63, 3.8) is 0 Å². The molecule has 0 spiro atoms. The van der Waals surface area contributed by atoms with E-state index in [1.807, 2.05) is 31.6 Å². The number of fused-ring (bicyclic) bond motifs is 2. The van der Waals surface area contributed by atoms with Gasteiger partial charge in [0.15, 0.2) is 11.5 Å². The van der Waals surface area contributed by atoms with Crippen LogP contribution in [0.4, 0.5) is 0 Å². The Labute approximate surface area is 141 Å². The summed E-state index contributed by atoms with van der Waals surface area (Å²) in [6.45, 7) is 0. The molecule has 1 fully saturated rings. The van der Waals surface area contributed by atoms with Crippen LogP contribution in [-0.2, 0) is 12.6 Å². The second-order valence-electron chi connectivity index (χ2n) is 6.39. The summed E-state index contributed by atoms with van der Waals surface area (Å²) in [5, 5.41) is 16.8. The van der Waals surface area contributed by atoms with Gasteiger partial charge in [0, 0.05) is 46.9 Å². The predicted octanol–water partition coefficient (Wildman–Crippen LogP) is 3.01. The molecular weight excluding hydrogens is 322 g/mol. The molecule has 0 saturated heterocycles. The molecule has 6 nitrogen and oxygen atoms in total. The van der Waals surface area contributed by atoms with Crippen LogP contribution in [0.1, 0.15) is 24.1 Å². The first-order chi connectivity index (χ1) is 11.6. The molecule has 1 aliphatic rings. The third-order valence-corrected chi connectivity index (χ3v) is 5.88. The second kappa shape index (κ2) is 4.81. The van der Waals surface area contributed by atoms with Gasteiger partial charge in [0.25, 0.3) is 0 Å². The Kier molecular flexibility index (Phi) is 2.81. The molecule has 24 heavy (non-hydrogen) atoms. The molecule has 0 aliphatic heterocycles. The van der Waals surface area contributed by atoms with Crippen LogP contribution in [0.2, 0.25) is 0 Å². The Bertz CT molecular complexity index is 1080. The summed E-state index contributed by atoms with van der Waals surface area (Å²) < 4.78 is 1.75. The van der Waals surface area contributed by atoms with Crippen LogP contribution in [0.3, 0.4) is 0 Å². The number of aryl methyl sites for hydroxylation is 1. The maximum Gasteiger partial charge on any atom is 0.181 e. The van der Waals surface area contributed by atoms with Gasteiger partial charge in [-0.15, -0.1) is 11.3 Å². The number of hydrogen-bond donors (Lipinski definition) is 1. The van der Waals surface area contributed by atoms with E-state index in [9.17, 15) is 5.11 Å². The molecule has 4 aromatic heterocycles. The molecule has 0 aromatic carbocycles. The third-order valence-electron chi connectivity index (χ3n) is 4.64. The summed E-state index contributed by atoms with van der Waals surface area (Å²) in [5.41, 5.74) is 0.935. The quantitative estimate of drug-likeness (QED) is 0.608. The van der Waals surface area contributed by atoms with Crippen LogP contribution in [-0.4, -0.2) is 29.8 Å². The molecule has 5 rings (SSSR count). The highest BCUT2D eigenvalue weighted by atomic mass is 32.1. The van der Waals surface area contributed by atoms with Gasteiger partial charge >= 0.3 is 0 Å². The Morgan fingerprint density at radius 3 is 2.83 bits per heavy atom. The summed E-state index contributed by atoms with van der Waals surface area (Å²) in [7, 11) is 1.88. The van der Waals surface area contributed by atoms with Gasteiger partial charge in [-0.3, -0.25) is 4.68 Å². The van der Waals surface area contributed by atoms with E-state index >= 15 is 0 Å². The van der Waals surface area contributed by atoms with Crippen molar-refractivity contribution in [2.24, 2.45) is 7.05 Å². The Hall–Kier alpha value is -2.38. The first kappa shape index (κ1) is 14.0. The van der Waals surface area contributed by atoms with Crippen LogP contribution in [0.5, 0.6) is 0 Å². The molecule has 1 saturated carbocycles. The minimum Gasteiger partial charge on any atom is -0.384 e. The first-order valence-electron chi connectivity index (χ1n) is 7.90. The van der Waals surface area contributed by atoms with Gasteiger partial charge < -0.3 is 5.11 Å². The monoisotopic (exact) mass is 337 g/mol. The zero-order valence-electron chi connectivity index (χ0n) is 13.1. The van der Waals surface area contributed by atoms with Crippen LogP contribution in [0.15, 0.2) is 30.7 Å². The van der Waals surface area contributed by atoms with E-state index < -0.39 is 5.60 Å². The zero-order chi connectivity index (χ0) is 16.3. The van der Waals surface area contributed by atoms with Gasteiger partial charge in [-0.05, 0) is 31.4 Å². The highest BCUT2D eigenvalue weighted by molar-refractivity contribution is 7.18. The number of nitrogens with zero attached hydrogens (tertiary/aromatic N) is 5. The Morgan fingerprint density at radius 2 is 2.04 bits per heavy atom. The zero-order valence-corrected chi connectivity index (χ0v) is 13.9. The summed E-state index contributed by atoms with van der Waals surface area (Å²) in [5.74, 6) is 0.648. The molecule has 0 atom stereocenters. The van der Waals surface area contributed by atoms with Crippen LogP contribution in [0.25, 0.3) is 32.6 Å². The molecule has 4 aromatic rings. The summed E-state index contributed by atoms with van der Waals surface area (Å²) >= 11 is 1.56. The van der Waals surface area contributed by atoms with Crippen LogP contribution in [0, 0.1) is 0 Å². The standard InChI is InChI=1S/C17H15N5OS/c1-22-9-12-5-10(7-19-15(12)21-22)14-18-8-11-6-13(24-16(11)20-14)17(23)3-2-4-17/h5-9,23H,2-4H2,1H3. The van der Waals surface area contributed by atoms with E-state index in [-0.39, 0.29) is 0 Å². The second-order valence-corrected chi connectivity index (χ2v) is 7.42. The average Bonchev–Trinajstić information content (AvgIpc) is 3.13. The van der Waals surface area contributed by atoms with Gasteiger partial charge in [0.2, 0.25) is 0 Å². The number of thiophene rings is 1. The smallest absolute Gasteiger partial charge is 0.181 e. The van der Waals surface area contributed by atoms with Gasteiger partial charge in [0.05, 0.1) is 5.60 Å². The van der Waals surface area contributed by atoms with Crippen molar-refractivity contribution in [1.82, 2.24) is 24.7 Å². The minimum atomic E-state index is -0.651. The molecule has 0 radical (unpaired) electrons. The fourth-order valence-electron chi connectivity index (χ4n) is 3.11. The predicted molar refractivity (Wildman–Crippen MR) is 92.7 cm³/mol. The number of hydrogen-bond acceptors (Lipinski definition) is 6. The molecule has 0 amide bonds. The lowest BCUT2D eigenvalue weighted by atomic mass is 9.79. The van der Waals surface area contributed by atoms with E-state index in [1.165, 1.54) is 0 Å². The van der Waals surface area contributed by atoms with E-state index in [4.69, 9.17) is 0 Å². The topological polar surface area (TPSA) is 76.7 Å². The van der Waals surface area contributed by atoms with Crippen LogP contribution < -0.4 is 0 Å². The van der Waals surface area contributed by atoms with E-state index in [0.29, 0.717) is 11.5 Å². The van der Waals surface area contributed by atoms with Gasteiger partial charge in [-0.25, -0.2) is 15.0 Å². The SMILES string of the molecule is Cn1cc2cc(-c3ncc4cc(C5(O)CCC5)sc4n3)cnc2n1. The number of aromatic nitrogens is 5. The van der Waals surface area contributed by atoms with Crippen LogP contribution >= 0.6 is 11.3 Å². The van der Waals surface area contributed by atoms with E-state index in [0.717, 1.165) is 45.3 Å². The molecule has 1 N–H and O–H groups in total. The van der Waals surface area contributed by atoms with Crippen molar-refractivity contribution >= 4 is 32.6 Å². The van der Waals surface area contributed by atoms with Gasteiger partial charge in [-0.1, -0.05) is 0 Å². The molecule has 0 bridgehead atoms. The lowest BCUT2D eigenvalue weighted by Crippen LogP contribution is -2.32. The van der Waals surface area contributed by atoms with Gasteiger partial charge in [-0.2, -0.15) is 5.10 Å². The highest BCUT2D eigenvalue weighted by Crippen LogP contribution is 2.45. The molecule has 1 aliphatic carbocycles. The van der Waals surface area contributed by atoms with Gasteiger partial charge in [0.1, 0.15) is 4.83 Å². The molecular formula is C17H15N5OS. The molecule has 120 valence electrons. The van der Waals surface area contributed by atoms with Crippen molar-refractivity contribution < 1.29 is 5.11 Å². The van der Waals surface area contributed by atoms with Crippen molar-refractivity contribution in [1.29, 1.82) is 0 Å². The average molecular weight is 337 g/mol.